The van der Waals surface area contributed by atoms with E-state index in [4.69, 9.17) is 0 Å². The monoisotopic (exact) mass is 406 g/mol. The summed E-state index contributed by atoms with van der Waals surface area (Å²) in [5.74, 6) is -2.59. The first-order valence-corrected chi connectivity index (χ1v) is 8.26. The maximum atomic E-state index is 13.7. The summed E-state index contributed by atoms with van der Waals surface area (Å²) in [5.41, 5.74) is 2.57. The first-order chi connectivity index (χ1) is 13.7. The summed E-state index contributed by atoms with van der Waals surface area (Å²) in [4.78, 5) is 24.2. The molecule has 3 rings (SSSR count). The van der Waals surface area contributed by atoms with E-state index in [9.17, 15) is 27.2 Å². The zero-order valence-electron chi connectivity index (χ0n) is 14.9. The van der Waals surface area contributed by atoms with Crippen molar-refractivity contribution in [3.05, 3.63) is 82.9 Å². The number of para-hydroxylation sites is 1. The van der Waals surface area contributed by atoms with Crippen molar-refractivity contribution in [3.8, 4) is 5.69 Å². The first kappa shape index (κ1) is 20.1. The van der Waals surface area contributed by atoms with Gasteiger partial charge in [-0.2, -0.15) is 18.3 Å². The standard InChI is InChI=1S/C19H14F4N4O2/c1-11-4-2-3-5-15(11)27-16(19(21,22)23)14(10-24-27)18(29)26-25-17(28)12-6-8-13(20)9-7-12/h2-10H,1H3,(H,25,28)(H,26,29). The van der Waals surface area contributed by atoms with Crippen LogP contribution < -0.4 is 10.9 Å². The minimum absolute atomic E-state index is 0.0124. The van der Waals surface area contributed by atoms with Crippen LogP contribution in [-0.2, 0) is 6.18 Å². The third-order valence-corrected chi connectivity index (χ3v) is 4.02. The van der Waals surface area contributed by atoms with Gasteiger partial charge in [0.15, 0.2) is 5.69 Å². The van der Waals surface area contributed by atoms with E-state index in [1.165, 1.54) is 6.07 Å². The molecule has 10 heteroatoms. The molecule has 0 spiro atoms. The lowest BCUT2D eigenvalue weighted by Crippen LogP contribution is -2.42. The van der Waals surface area contributed by atoms with Crippen molar-refractivity contribution >= 4 is 11.8 Å². The van der Waals surface area contributed by atoms with Gasteiger partial charge in [0.2, 0.25) is 0 Å². The Morgan fingerprint density at radius 1 is 0.966 bits per heavy atom. The molecule has 0 saturated heterocycles. The smallest absolute Gasteiger partial charge is 0.267 e. The number of carbonyl (C=O) groups is 2. The number of nitrogens with zero attached hydrogens (tertiary/aromatic N) is 2. The number of hydrogen-bond acceptors (Lipinski definition) is 3. The number of rotatable bonds is 3. The molecule has 0 aliphatic heterocycles. The van der Waals surface area contributed by atoms with Crippen LogP contribution in [0.15, 0.2) is 54.7 Å². The predicted octanol–water partition coefficient (Wildman–Crippen LogP) is 3.41. The van der Waals surface area contributed by atoms with E-state index in [0.29, 0.717) is 10.2 Å². The second kappa shape index (κ2) is 7.74. The molecule has 2 amide bonds. The Balaban J connectivity index is 1.86. The number of nitrogens with one attached hydrogen (secondary N) is 2. The zero-order valence-corrected chi connectivity index (χ0v) is 14.9. The highest BCUT2D eigenvalue weighted by Gasteiger charge is 2.40. The van der Waals surface area contributed by atoms with Gasteiger partial charge in [0.1, 0.15) is 5.82 Å². The molecule has 150 valence electrons. The molecule has 6 nitrogen and oxygen atoms in total. The lowest BCUT2D eigenvalue weighted by Gasteiger charge is -2.14. The number of aromatic nitrogens is 2. The molecular formula is C19H14F4N4O2. The molecule has 0 aliphatic carbocycles. The molecule has 0 fully saturated rings. The van der Waals surface area contributed by atoms with Gasteiger partial charge in [0.05, 0.1) is 17.4 Å². The Bertz CT molecular complexity index is 1060. The highest BCUT2D eigenvalue weighted by molar-refractivity contribution is 5.99. The Morgan fingerprint density at radius 2 is 1.59 bits per heavy atom. The molecule has 0 unspecified atom stereocenters. The maximum absolute atomic E-state index is 13.7. The molecule has 0 radical (unpaired) electrons. The molecule has 1 aromatic heterocycles. The van der Waals surface area contributed by atoms with Crippen LogP contribution in [0.1, 0.15) is 32.0 Å². The summed E-state index contributed by atoms with van der Waals surface area (Å²) in [5, 5.41) is 3.71. The van der Waals surface area contributed by atoms with Crippen molar-refractivity contribution < 1.29 is 27.2 Å². The van der Waals surface area contributed by atoms with Gasteiger partial charge in [0, 0.05) is 5.56 Å². The van der Waals surface area contributed by atoms with Gasteiger partial charge in [-0.25, -0.2) is 9.07 Å². The summed E-state index contributed by atoms with van der Waals surface area (Å²) in [6.45, 7) is 1.61. The van der Waals surface area contributed by atoms with E-state index in [1.54, 1.807) is 25.1 Å². The Morgan fingerprint density at radius 3 is 2.21 bits per heavy atom. The fraction of sp³-hybridized carbons (Fsp3) is 0.105. The van der Waals surface area contributed by atoms with E-state index < -0.39 is 35.1 Å². The highest BCUT2D eigenvalue weighted by Crippen LogP contribution is 2.34. The van der Waals surface area contributed by atoms with Crippen molar-refractivity contribution in [2.24, 2.45) is 0 Å². The van der Waals surface area contributed by atoms with Crippen molar-refractivity contribution in [2.45, 2.75) is 13.1 Å². The van der Waals surface area contributed by atoms with Gasteiger partial charge >= 0.3 is 6.18 Å². The van der Waals surface area contributed by atoms with Crippen LogP contribution in [0.4, 0.5) is 17.6 Å². The average molecular weight is 406 g/mol. The lowest BCUT2D eigenvalue weighted by molar-refractivity contribution is -0.143. The number of hydrogen-bond donors (Lipinski definition) is 2. The molecule has 0 saturated carbocycles. The third-order valence-electron chi connectivity index (χ3n) is 4.02. The maximum Gasteiger partial charge on any atom is 0.434 e. The van der Waals surface area contributed by atoms with Crippen LogP contribution in [0.3, 0.4) is 0 Å². The van der Waals surface area contributed by atoms with Crippen molar-refractivity contribution in [1.29, 1.82) is 0 Å². The van der Waals surface area contributed by atoms with Crippen LogP contribution in [0, 0.1) is 12.7 Å². The van der Waals surface area contributed by atoms with Crippen molar-refractivity contribution in [2.75, 3.05) is 0 Å². The van der Waals surface area contributed by atoms with Crippen molar-refractivity contribution in [1.82, 2.24) is 20.6 Å². The minimum atomic E-state index is -4.88. The topological polar surface area (TPSA) is 76.0 Å². The largest absolute Gasteiger partial charge is 0.434 e. The number of hydrazine groups is 1. The molecule has 1 heterocycles. The second-order valence-electron chi connectivity index (χ2n) is 6.02. The number of amides is 2. The second-order valence-corrected chi connectivity index (χ2v) is 6.02. The third kappa shape index (κ3) is 4.26. The minimum Gasteiger partial charge on any atom is -0.267 e. The summed E-state index contributed by atoms with van der Waals surface area (Å²) in [6, 6.07) is 10.6. The van der Waals surface area contributed by atoms with Gasteiger partial charge in [0.25, 0.3) is 11.8 Å². The van der Waals surface area contributed by atoms with Crippen LogP contribution in [0.5, 0.6) is 0 Å². The van der Waals surface area contributed by atoms with E-state index in [2.05, 4.69) is 5.10 Å². The normalized spacial score (nSPS) is 11.2. The number of aryl methyl sites for hydroxylation is 1. The molecule has 0 aliphatic rings. The SMILES string of the molecule is Cc1ccccc1-n1ncc(C(=O)NNC(=O)c2ccc(F)cc2)c1C(F)(F)F. The van der Waals surface area contributed by atoms with Crippen LogP contribution in [0.2, 0.25) is 0 Å². The van der Waals surface area contributed by atoms with Gasteiger partial charge in [-0.05, 0) is 42.8 Å². The first-order valence-electron chi connectivity index (χ1n) is 8.26. The lowest BCUT2D eigenvalue weighted by atomic mass is 10.2. The van der Waals surface area contributed by atoms with Gasteiger partial charge in [-0.15, -0.1) is 0 Å². The molecule has 2 aromatic carbocycles. The van der Waals surface area contributed by atoms with Gasteiger partial charge in [-0.3, -0.25) is 20.4 Å². The zero-order chi connectivity index (χ0) is 21.2. The van der Waals surface area contributed by atoms with Gasteiger partial charge < -0.3 is 0 Å². The molecule has 0 bridgehead atoms. The highest BCUT2D eigenvalue weighted by atomic mass is 19.4. The molecule has 3 aromatic rings. The Labute approximate surface area is 162 Å². The van der Waals surface area contributed by atoms with Crippen LogP contribution in [0.25, 0.3) is 5.69 Å². The Hall–Kier alpha value is -3.69. The summed E-state index contributed by atoms with van der Waals surface area (Å²) < 4.78 is 54.5. The van der Waals surface area contributed by atoms with Crippen LogP contribution >= 0.6 is 0 Å². The van der Waals surface area contributed by atoms with E-state index in [0.717, 1.165) is 30.5 Å². The van der Waals surface area contributed by atoms with E-state index in [1.807, 2.05) is 10.9 Å². The average Bonchev–Trinajstić information content (AvgIpc) is 3.12. The van der Waals surface area contributed by atoms with Crippen LogP contribution in [-0.4, -0.2) is 21.6 Å². The summed E-state index contributed by atoms with van der Waals surface area (Å²) in [6.07, 6.45) is -4.11. The molecule has 0 atom stereocenters. The quantitative estimate of drug-likeness (QED) is 0.517. The number of benzene rings is 2. The van der Waals surface area contributed by atoms with E-state index in [-0.39, 0.29) is 11.3 Å². The molecular weight excluding hydrogens is 392 g/mol. The molecule has 2 N–H and O–H groups in total. The summed E-state index contributed by atoms with van der Waals surface area (Å²) >= 11 is 0. The number of alkyl halides is 3. The van der Waals surface area contributed by atoms with Gasteiger partial charge in [-0.1, -0.05) is 18.2 Å². The number of carbonyl (C=O) groups excluding carboxylic acids is 2. The molecule has 29 heavy (non-hydrogen) atoms. The number of halogens is 4. The van der Waals surface area contributed by atoms with E-state index >= 15 is 0 Å². The fourth-order valence-corrected chi connectivity index (χ4v) is 2.63. The predicted molar refractivity (Wildman–Crippen MR) is 94.6 cm³/mol. The summed E-state index contributed by atoms with van der Waals surface area (Å²) in [7, 11) is 0. The Kier molecular flexibility index (Phi) is 5.35. The fourth-order valence-electron chi connectivity index (χ4n) is 2.63. The van der Waals surface area contributed by atoms with Crippen molar-refractivity contribution in [3.63, 3.8) is 0 Å².